The van der Waals surface area contributed by atoms with E-state index >= 15 is 0 Å². The highest BCUT2D eigenvalue weighted by Gasteiger charge is 2.27. The third-order valence-corrected chi connectivity index (χ3v) is 4.22. The molecule has 0 spiro atoms. The largest absolute Gasteiger partial charge is 0.459 e. The van der Waals surface area contributed by atoms with Gasteiger partial charge in [-0.15, -0.1) is 0 Å². The highest BCUT2D eigenvalue weighted by molar-refractivity contribution is 5.93. The van der Waals surface area contributed by atoms with E-state index in [2.05, 4.69) is 5.16 Å². The zero-order valence-corrected chi connectivity index (χ0v) is 14.6. The van der Waals surface area contributed by atoms with Gasteiger partial charge in [-0.05, 0) is 26.0 Å². The Kier molecular flexibility index (Phi) is 5.06. The average Bonchev–Trinajstić information content (AvgIpc) is 3.29. The fourth-order valence-electron chi connectivity index (χ4n) is 2.78. The van der Waals surface area contributed by atoms with Crippen LogP contribution < -0.4 is 0 Å². The number of furan rings is 1. The Morgan fingerprint density at radius 2 is 1.85 bits per heavy atom. The van der Waals surface area contributed by atoms with E-state index in [-0.39, 0.29) is 29.7 Å². The molecule has 3 heterocycles. The van der Waals surface area contributed by atoms with Crippen molar-refractivity contribution in [1.82, 2.24) is 15.0 Å². The van der Waals surface area contributed by atoms with Gasteiger partial charge < -0.3 is 23.5 Å². The molecule has 2 aromatic heterocycles. The first-order chi connectivity index (χ1) is 12.5. The Labute approximate surface area is 149 Å². The lowest BCUT2D eigenvalue weighted by Gasteiger charge is -2.34. The lowest BCUT2D eigenvalue weighted by atomic mass is 10.2. The molecular weight excluding hydrogens is 342 g/mol. The van der Waals surface area contributed by atoms with Crippen LogP contribution in [0.15, 0.2) is 27.3 Å². The second-order valence-electron chi connectivity index (χ2n) is 5.93. The molecule has 9 nitrogen and oxygen atoms in total. The van der Waals surface area contributed by atoms with Crippen LogP contribution >= 0.6 is 0 Å². The predicted molar refractivity (Wildman–Crippen MR) is 87.5 cm³/mol. The number of aryl methyl sites for hydroxylation is 2. The normalized spacial score (nSPS) is 14.4. The Hall–Kier alpha value is -3.10. The fourth-order valence-corrected chi connectivity index (χ4v) is 2.78. The van der Waals surface area contributed by atoms with Gasteiger partial charge in [0.15, 0.2) is 12.4 Å². The number of ether oxygens (including phenoxy) is 1. The number of carbonyl (C=O) groups is 3. The molecule has 1 aliphatic heterocycles. The Bertz CT molecular complexity index is 783. The van der Waals surface area contributed by atoms with E-state index in [4.69, 9.17) is 13.7 Å². The minimum Gasteiger partial charge on any atom is -0.459 e. The van der Waals surface area contributed by atoms with Crippen LogP contribution in [0.3, 0.4) is 0 Å². The molecule has 1 aliphatic rings. The van der Waals surface area contributed by atoms with Gasteiger partial charge in [-0.1, -0.05) is 5.16 Å². The van der Waals surface area contributed by atoms with Gasteiger partial charge in [0, 0.05) is 26.2 Å². The van der Waals surface area contributed by atoms with Crippen molar-refractivity contribution < 1.29 is 28.1 Å². The van der Waals surface area contributed by atoms with Crippen molar-refractivity contribution in [3.05, 3.63) is 41.2 Å². The maximum atomic E-state index is 12.2. The van der Waals surface area contributed by atoms with E-state index in [1.807, 2.05) is 0 Å². The smallest absolute Gasteiger partial charge is 0.344 e. The summed E-state index contributed by atoms with van der Waals surface area (Å²) >= 11 is 0. The second-order valence-corrected chi connectivity index (χ2v) is 5.93. The van der Waals surface area contributed by atoms with Gasteiger partial charge in [-0.3, -0.25) is 9.59 Å². The van der Waals surface area contributed by atoms with Crippen LogP contribution in [-0.2, 0) is 9.53 Å². The molecule has 1 fully saturated rings. The molecule has 0 saturated carbocycles. The standard InChI is InChI=1S/C17H19N3O6/c1-11-15(12(2)26-18-11)17(23)25-10-14(21)19-5-7-20(8-6-19)16(22)13-4-3-9-24-13/h3-4,9H,5-8,10H2,1-2H3. The number of rotatable bonds is 4. The summed E-state index contributed by atoms with van der Waals surface area (Å²) in [6.45, 7) is 4.39. The second kappa shape index (κ2) is 7.42. The Morgan fingerprint density at radius 1 is 1.15 bits per heavy atom. The summed E-state index contributed by atoms with van der Waals surface area (Å²) in [6.07, 6.45) is 1.44. The van der Waals surface area contributed by atoms with Gasteiger partial charge in [-0.25, -0.2) is 4.79 Å². The molecule has 1 saturated heterocycles. The molecule has 138 valence electrons. The number of esters is 1. The maximum absolute atomic E-state index is 12.2. The summed E-state index contributed by atoms with van der Waals surface area (Å²) < 4.78 is 15.1. The molecular formula is C17H19N3O6. The van der Waals surface area contributed by atoms with Crippen molar-refractivity contribution in [1.29, 1.82) is 0 Å². The number of carbonyl (C=O) groups excluding carboxylic acids is 3. The van der Waals surface area contributed by atoms with Crippen LogP contribution in [0.4, 0.5) is 0 Å². The van der Waals surface area contributed by atoms with Gasteiger partial charge >= 0.3 is 5.97 Å². The summed E-state index contributed by atoms with van der Waals surface area (Å²) in [5.74, 6) is -0.522. The molecule has 2 aromatic rings. The number of hydrogen-bond acceptors (Lipinski definition) is 7. The van der Waals surface area contributed by atoms with Crippen molar-refractivity contribution in [2.45, 2.75) is 13.8 Å². The topological polar surface area (TPSA) is 106 Å². The van der Waals surface area contributed by atoms with E-state index in [0.717, 1.165) is 0 Å². The molecule has 0 atom stereocenters. The first kappa shape index (κ1) is 17.7. The SMILES string of the molecule is Cc1noc(C)c1C(=O)OCC(=O)N1CCN(C(=O)c2ccco2)CC1. The van der Waals surface area contributed by atoms with Crippen LogP contribution in [0.2, 0.25) is 0 Å². The molecule has 0 unspecified atom stereocenters. The summed E-state index contributed by atoms with van der Waals surface area (Å²) in [7, 11) is 0. The van der Waals surface area contributed by atoms with Gasteiger partial charge in [0.25, 0.3) is 11.8 Å². The summed E-state index contributed by atoms with van der Waals surface area (Å²) in [6, 6.07) is 3.26. The van der Waals surface area contributed by atoms with E-state index in [0.29, 0.717) is 37.6 Å². The van der Waals surface area contributed by atoms with Crippen molar-refractivity contribution in [3.8, 4) is 0 Å². The van der Waals surface area contributed by atoms with E-state index < -0.39 is 5.97 Å². The van der Waals surface area contributed by atoms with Crippen molar-refractivity contribution in [3.63, 3.8) is 0 Å². The van der Waals surface area contributed by atoms with Crippen LogP contribution in [0.25, 0.3) is 0 Å². The van der Waals surface area contributed by atoms with E-state index in [1.54, 1.807) is 35.8 Å². The van der Waals surface area contributed by atoms with Gasteiger partial charge in [0.1, 0.15) is 11.3 Å². The summed E-state index contributed by atoms with van der Waals surface area (Å²) in [5.41, 5.74) is 0.664. The van der Waals surface area contributed by atoms with Crippen molar-refractivity contribution >= 4 is 17.8 Å². The molecule has 0 bridgehead atoms. The monoisotopic (exact) mass is 361 g/mol. The number of amides is 2. The quantitative estimate of drug-likeness (QED) is 0.749. The highest BCUT2D eigenvalue weighted by atomic mass is 16.5. The lowest BCUT2D eigenvalue weighted by molar-refractivity contribution is -0.136. The van der Waals surface area contributed by atoms with Crippen molar-refractivity contribution in [2.24, 2.45) is 0 Å². The van der Waals surface area contributed by atoms with Gasteiger partial charge in [-0.2, -0.15) is 0 Å². The minimum absolute atomic E-state index is 0.202. The molecule has 0 aliphatic carbocycles. The van der Waals surface area contributed by atoms with Crippen LogP contribution in [-0.4, -0.2) is 65.5 Å². The maximum Gasteiger partial charge on any atom is 0.344 e. The van der Waals surface area contributed by atoms with Crippen LogP contribution in [0.5, 0.6) is 0 Å². The average molecular weight is 361 g/mol. The third kappa shape index (κ3) is 3.61. The molecule has 0 N–H and O–H groups in total. The number of aromatic nitrogens is 1. The first-order valence-electron chi connectivity index (χ1n) is 8.18. The molecule has 0 radical (unpaired) electrons. The predicted octanol–water partition coefficient (Wildman–Crippen LogP) is 1.03. The summed E-state index contributed by atoms with van der Waals surface area (Å²) in [5, 5.41) is 3.68. The molecule has 0 aromatic carbocycles. The Balaban J connectivity index is 1.48. The Morgan fingerprint density at radius 3 is 2.42 bits per heavy atom. The number of piperazine rings is 1. The van der Waals surface area contributed by atoms with Crippen LogP contribution in [0.1, 0.15) is 32.4 Å². The molecule has 2 amide bonds. The molecule has 9 heteroatoms. The van der Waals surface area contributed by atoms with E-state index in [9.17, 15) is 14.4 Å². The van der Waals surface area contributed by atoms with E-state index in [1.165, 1.54) is 6.26 Å². The summed E-state index contributed by atoms with van der Waals surface area (Å²) in [4.78, 5) is 39.7. The zero-order chi connectivity index (χ0) is 18.7. The highest BCUT2D eigenvalue weighted by Crippen LogP contribution is 2.14. The number of hydrogen-bond donors (Lipinski definition) is 0. The zero-order valence-electron chi connectivity index (χ0n) is 14.6. The minimum atomic E-state index is -0.638. The third-order valence-electron chi connectivity index (χ3n) is 4.22. The first-order valence-corrected chi connectivity index (χ1v) is 8.18. The number of nitrogens with zero attached hydrogens (tertiary/aromatic N) is 3. The van der Waals surface area contributed by atoms with Gasteiger partial charge in [0.2, 0.25) is 0 Å². The molecule has 26 heavy (non-hydrogen) atoms. The van der Waals surface area contributed by atoms with Gasteiger partial charge in [0.05, 0.1) is 12.0 Å². The van der Waals surface area contributed by atoms with Crippen LogP contribution in [0, 0.1) is 13.8 Å². The lowest BCUT2D eigenvalue weighted by Crippen LogP contribution is -2.51. The van der Waals surface area contributed by atoms with Crippen molar-refractivity contribution in [2.75, 3.05) is 32.8 Å². The fraction of sp³-hybridized carbons (Fsp3) is 0.412. The molecule has 3 rings (SSSR count).